The van der Waals surface area contributed by atoms with Crippen LogP contribution in [0.25, 0.3) is 0 Å². The van der Waals surface area contributed by atoms with E-state index >= 15 is 0 Å². The lowest BCUT2D eigenvalue weighted by molar-refractivity contribution is -0.148. The maximum atomic E-state index is 12.0. The van der Waals surface area contributed by atoms with Gasteiger partial charge in [-0.2, -0.15) is 0 Å². The van der Waals surface area contributed by atoms with Crippen LogP contribution in [0.5, 0.6) is 0 Å². The Kier molecular flexibility index (Phi) is 7.53. The SMILES string of the molecule is CCCCCCCCCC(=O)N1CCC[C@@H]1C(=O)O. The van der Waals surface area contributed by atoms with Crippen LogP contribution >= 0.6 is 0 Å². The summed E-state index contributed by atoms with van der Waals surface area (Å²) >= 11 is 0. The van der Waals surface area contributed by atoms with Gasteiger partial charge in [-0.25, -0.2) is 4.79 Å². The Labute approximate surface area is 116 Å². The summed E-state index contributed by atoms with van der Waals surface area (Å²) in [4.78, 5) is 24.5. The van der Waals surface area contributed by atoms with Crippen molar-refractivity contribution >= 4 is 11.9 Å². The molecule has 0 saturated carbocycles. The molecule has 1 amide bonds. The summed E-state index contributed by atoms with van der Waals surface area (Å²) in [6.45, 7) is 2.82. The van der Waals surface area contributed by atoms with Crippen LogP contribution < -0.4 is 0 Å². The molecule has 0 aromatic heterocycles. The van der Waals surface area contributed by atoms with Crippen molar-refractivity contribution in [3.05, 3.63) is 0 Å². The predicted molar refractivity (Wildman–Crippen MR) is 75.0 cm³/mol. The van der Waals surface area contributed by atoms with Gasteiger partial charge in [0.25, 0.3) is 0 Å². The Morgan fingerprint density at radius 3 is 2.37 bits per heavy atom. The molecule has 1 heterocycles. The van der Waals surface area contributed by atoms with E-state index in [1.165, 1.54) is 32.1 Å². The number of amides is 1. The van der Waals surface area contributed by atoms with Crippen molar-refractivity contribution < 1.29 is 14.7 Å². The molecule has 0 spiro atoms. The molecule has 1 N–H and O–H groups in total. The third kappa shape index (κ3) is 5.62. The van der Waals surface area contributed by atoms with Gasteiger partial charge in [-0.05, 0) is 19.3 Å². The molecule has 0 aromatic carbocycles. The highest BCUT2D eigenvalue weighted by atomic mass is 16.4. The largest absolute Gasteiger partial charge is 0.480 e. The quantitative estimate of drug-likeness (QED) is 0.654. The van der Waals surface area contributed by atoms with Gasteiger partial charge in [0.05, 0.1) is 0 Å². The smallest absolute Gasteiger partial charge is 0.326 e. The molecule has 0 aliphatic carbocycles. The molecule has 0 aromatic rings. The zero-order chi connectivity index (χ0) is 14.1. The highest BCUT2D eigenvalue weighted by Crippen LogP contribution is 2.19. The first kappa shape index (κ1) is 16.0. The van der Waals surface area contributed by atoms with E-state index in [4.69, 9.17) is 5.11 Å². The number of carboxylic acids is 1. The number of aliphatic carboxylic acids is 1. The normalized spacial score (nSPS) is 18.8. The number of hydrogen-bond donors (Lipinski definition) is 1. The molecule has 0 bridgehead atoms. The zero-order valence-electron chi connectivity index (χ0n) is 12.1. The fraction of sp³-hybridized carbons (Fsp3) is 0.867. The second-order valence-electron chi connectivity index (χ2n) is 5.45. The van der Waals surface area contributed by atoms with E-state index < -0.39 is 12.0 Å². The summed E-state index contributed by atoms with van der Waals surface area (Å²) in [6.07, 6.45) is 10.2. The van der Waals surface area contributed by atoms with Gasteiger partial charge in [0, 0.05) is 13.0 Å². The summed E-state index contributed by atoms with van der Waals surface area (Å²) in [5.41, 5.74) is 0. The highest BCUT2D eigenvalue weighted by molar-refractivity contribution is 5.84. The van der Waals surface area contributed by atoms with Crippen molar-refractivity contribution in [1.29, 1.82) is 0 Å². The molecule has 1 aliphatic rings. The van der Waals surface area contributed by atoms with Crippen molar-refractivity contribution in [2.45, 2.75) is 77.2 Å². The maximum absolute atomic E-state index is 12.0. The van der Waals surface area contributed by atoms with Gasteiger partial charge >= 0.3 is 5.97 Å². The maximum Gasteiger partial charge on any atom is 0.326 e. The van der Waals surface area contributed by atoms with Crippen LogP contribution in [-0.4, -0.2) is 34.5 Å². The summed E-state index contributed by atoms with van der Waals surface area (Å²) in [6, 6.07) is -0.572. The number of hydrogen-bond acceptors (Lipinski definition) is 2. The topological polar surface area (TPSA) is 57.6 Å². The van der Waals surface area contributed by atoms with Crippen LogP contribution in [0.3, 0.4) is 0 Å². The molecule has 4 heteroatoms. The molecule has 1 atom stereocenters. The molecule has 19 heavy (non-hydrogen) atoms. The van der Waals surface area contributed by atoms with Crippen LogP contribution in [-0.2, 0) is 9.59 Å². The van der Waals surface area contributed by atoms with Gasteiger partial charge < -0.3 is 10.0 Å². The molecule has 1 aliphatic heterocycles. The zero-order valence-corrected chi connectivity index (χ0v) is 12.1. The second kappa shape index (κ2) is 8.94. The number of likely N-dealkylation sites (tertiary alicyclic amines) is 1. The minimum absolute atomic E-state index is 0.0264. The fourth-order valence-electron chi connectivity index (χ4n) is 2.70. The number of carbonyl (C=O) groups excluding carboxylic acids is 1. The number of carboxylic acid groups (broad SMARTS) is 1. The molecule has 110 valence electrons. The van der Waals surface area contributed by atoms with Gasteiger partial charge in [-0.1, -0.05) is 45.4 Å². The van der Waals surface area contributed by atoms with Gasteiger partial charge in [0.1, 0.15) is 6.04 Å². The Balaban J connectivity index is 2.12. The first-order valence-electron chi connectivity index (χ1n) is 7.69. The first-order chi connectivity index (χ1) is 9.16. The fourth-order valence-corrected chi connectivity index (χ4v) is 2.70. The minimum atomic E-state index is -0.856. The predicted octanol–water partition coefficient (Wildman–Crippen LogP) is 3.20. The van der Waals surface area contributed by atoms with Gasteiger partial charge in [-0.3, -0.25) is 4.79 Å². The molecule has 4 nitrogen and oxygen atoms in total. The number of nitrogens with zero attached hydrogens (tertiary/aromatic N) is 1. The monoisotopic (exact) mass is 269 g/mol. The Hall–Kier alpha value is -1.06. The molecular weight excluding hydrogens is 242 g/mol. The summed E-state index contributed by atoms with van der Waals surface area (Å²) < 4.78 is 0. The lowest BCUT2D eigenvalue weighted by Gasteiger charge is -2.21. The van der Waals surface area contributed by atoms with E-state index in [0.29, 0.717) is 19.4 Å². The highest BCUT2D eigenvalue weighted by Gasteiger charge is 2.33. The molecule has 0 unspecified atom stereocenters. The summed E-state index contributed by atoms with van der Waals surface area (Å²) in [5.74, 6) is -0.830. The summed E-state index contributed by atoms with van der Waals surface area (Å²) in [5, 5.41) is 9.03. The van der Waals surface area contributed by atoms with Gasteiger partial charge in [-0.15, -0.1) is 0 Å². The van der Waals surface area contributed by atoms with E-state index in [2.05, 4.69) is 6.92 Å². The van der Waals surface area contributed by atoms with Crippen LogP contribution in [0.4, 0.5) is 0 Å². The Bertz CT molecular complexity index is 291. The van der Waals surface area contributed by atoms with Crippen molar-refractivity contribution in [2.75, 3.05) is 6.54 Å². The van der Waals surface area contributed by atoms with Gasteiger partial charge in [0.15, 0.2) is 0 Å². The van der Waals surface area contributed by atoms with E-state index in [-0.39, 0.29) is 5.91 Å². The van der Waals surface area contributed by atoms with Crippen molar-refractivity contribution in [3.63, 3.8) is 0 Å². The number of rotatable bonds is 9. The van der Waals surface area contributed by atoms with Crippen molar-refractivity contribution in [2.24, 2.45) is 0 Å². The number of carbonyl (C=O) groups is 2. The average molecular weight is 269 g/mol. The van der Waals surface area contributed by atoms with Crippen LogP contribution in [0.1, 0.15) is 71.1 Å². The van der Waals surface area contributed by atoms with Crippen LogP contribution in [0.2, 0.25) is 0 Å². The third-order valence-corrected chi connectivity index (χ3v) is 3.85. The van der Waals surface area contributed by atoms with E-state index in [1.807, 2.05) is 0 Å². The third-order valence-electron chi connectivity index (χ3n) is 3.85. The van der Waals surface area contributed by atoms with Gasteiger partial charge in [0.2, 0.25) is 5.91 Å². The standard InChI is InChI=1S/C15H27NO3/c1-2-3-4-5-6-7-8-11-14(17)16-12-9-10-13(16)15(18)19/h13H,2-12H2,1H3,(H,18,19)/t13-/m1/s1. The molecule has 1 fully saturated rings. The van der Waals surface area contributed by atoms with E-state index in [0.717, 1.165) is 19.3 Å². The molecule has 1 rings (SSSR count). The lowest BCUT2D eigenvalue weighted by Crippen LogP contribution is -2.40. The van der Waals surface area contributed by atoms with Crippen molar-refractivity contribution in [3.8, 4) is 0 Å². The molecular formula is C15H27NO3. The Morgan fingerprint density at radius 2 is 1.74 bits per heavy atom. The lowest BCUT2D eigenvalue weighted by atomic mass is 10.1. The van der Waals surface area contributed by atoms with Crippen LogP contribution in [0, 0.1) is 0 Å². The Morgan fingerprint density at radius 1 is 1.11 bits per heavy atom. The average Bonchev–Trinajstić information content (AvgIpc) is 2.87. The number of unbranched alkanes of at least 4 members (excludes halogenated alkanes) is 6. The molecule has 1 saturated heterocycles. The second-order valence-corrected chi connectivity index (χ2v) is 5.45. The van der Waals surface area contributed by atoms with Crippen LogP contribution in [0.15, 0.2) is 0 Å². The van der Waals surface area contributed by atoms with E-state index in [1.54, 1.807) is 4.90 Å². The van der Waals surface area contributed by atoms with E-state index in [9.17, 15) is 9.59 Å². The van der Waals surface area contributed by atoms with Crippen molar-refractivity contribution in [1.82, 2.24) is 4.90 Å². The first-order valence-corrected chi connectivity index (χ1v) is 7.69. The minimum Gasteiger partial charge on any atom is -0.480 e. The summed E-state index contributed by atoms with van der Waals surface area (Å²) in [7, 11) is 0. The molecule has 0 radical (unpaired) electrons.